The maximum absolute atomic E-state index is 12.4. The summed E-state index contributed by atoms with van der Waals surface area (Å²) >= 11 is 0. The summed E-state index contributed by atoms with van der Waals surface area (Å²) in [6, 6.07) is 1.70. The number of primary amides is 1. The number of hydrogen-bond acceptors (Lipinski definition) is 4. The van der Waals surface area contributed by atoms with Gasteiger partial charge in [-0.15, -0.1) is 0 Å². The van der Waals surface area contributed by atoms with Crippen molar-refractivity contribution >= 4 is 11.8 Å². The average molecular weight is 320 g/mol. The molecule has 7 heteroatoms. The number of H-pyrrole nitrogens is 1. The Morgan fingerprint density at radius 2 is 2.26 bits per heavy atom. The summed E-state index contributed by atoms with van der Waals surface area (Å²) in [6.07, 6.45) is 5.73. The molecule has 0 aliphatic carbocycles. The van der Waals surface area contributed by atoms with E-state index in [1.54, 1.807) is 6.07 Å². The second-order valence-electron chi connectivity index (χ2n) is 6.43. The summed E-state index contributed by atoms with van der Waals surface area (Å²) in [5.74, 6) is -0.149. The van der Waals surface area contributed by atoms with Crippen molar-refractivity contribution in [3.63, 3.8) is 0 Å². The van der Waals surface area contributed by atoms with Gasteiger partial charge in [0.25, 0.3) is 5.91 Å². The van der Waals surface area contributed by atoms with Crippen LogP contribution in [-0.4, -0.2) is 52.7 Å². The van der Waals surface area contributed by atoms with Gasteiger partial charge in [-0.05, 0) is 38.2 Å². The number of rotatable bonds is 5. The van der Waals surface area contributed by atoms with Crippen molar-refractivity contribution in [1.82, 2.24) is 15.1 Å². The lowest BCUT2D eigenvalue weighted by Crippen LogP contribution is -2.39. The monoisotopic (exact) mass is 320 g/mol. The highest BCUT2D eigenvalue weighted by molar-refractivity contribution is 5.90. The third kappa shape index (κ3) is 3.90. The first-order valence-corrected chi connectivity index (χ1v) is 8.38. The van der Waals surface area contributed by atoms with Crippen LogP contribution in [0.15, 0.2) is 6.07 Å². The van der Waals surface area contributed by atoms with Crippen molar-refractivity contribution in [1.29, 1.82) is 0 Å². The van der Waals surface area contributed by atoms with Gasteiger partial charge in [-0.25, -0.2) is 0 Å². The van der Waals surface area contributed by atoms with Crippen LogP contribution in [0.2, 0.25) is 0 Å². The summed E-state index contributed by atoms with van der Waals surface area (Å²) in [5, 5.41) is 6.81. The molecule has 0 bridgehead atoms. The lowest BCUT2D eigenvalue weighted by atomic mass is 9.94. The van der Waals surface area contributed by atoms with Gasteiger partial charge >= 0.3 is 0 Å². The molecule has 0 unspecified atom stereocenters. The van der Waals surface area contributed by atoms with Crippen molar-refractivity contribution in [2.24, 2.45) is 5.73 Å². The SMILES string of the molecule is NC(=O)c1cc([C@H]2CCCN(C(=O)CC[C@@H]3CCCO3)C2)[nH]n1. The number of carbonyl (C=O) groups is 2. The Bertz CT molecular complexity index is 565. The average Bonchev–Trinajstić information content (AvgIpc) is 3.24. The lowest BCUT2D eigenvalue weighted by molar-refractivity contribution is -0.133. The summed E-state index contributed by atoms with van der Waals surface area (Å²) in [7, 11) is 0. The molecule has 7 nitrogen and oxygen atoms in total. The maximum atomic E-state index is 12.4. The van der Waals surface area contributed by atoms with Crippen LogP contribution < -0.4 is 5.73 Å². The Morgan fingerprint density at radius 1 is 1.39 bits per heavy atom. The zero-order valence-electron chi connectivity index (χ0n) is 13.3. The first kappa shape index (κ1) is 16.0. The minimum Gasteiger partial charge on any atom is -0.378 e. The van der Waals surface area contributed by atoms with Gasteiger partial charge in [0.05, 0.1) is 6.10 Å². The molecule has 1 aromatic heterocycles. The number of piperidine rings is 1. The molecule has 126 valence electrons. The number of likely N-dealkylation sites (tertiary alicyclic amines) is 1. The highest BCUT2D eigenvalue weighted by Gasteiger charge is 2.27. The molecule has 1 aromatic rings. The van der Waals surface area contributed by atoms with Crippen molar-refractivity contribution in [3.05, 3.63) is 17.5 Å². The van der Waals surface area contributed by atoms with Gasteiger partial charge in [0, 0.05) is 37.7 Å². The molecule has 3 N–H and O–H groups in total. The number of aromatic amines is 1. The molecule has 3 rings (SSSR count). The fourth-order valence-electron chi connectivity index (χ4n) is 3.44. The number of amides is 2. The Morgan fingerprint density at radius 3 is 2.96 bits per heavy atom. The number of carbonyl (C=O) groups excluding carboxylic acids is 2. The van der Waals surface area contributed by atoms with E-state index in [2.05, 4.69) is 10.2 Å². The van der Waals surface area contributed by atoms with Crippen molar-refractivity contribution in [3.8, 4) is 0 Å². The van der Waals surface area contributed by atoms with Crippen LogP contribution in [0.4, 0.5) is 0 Å². The van der Waals surface area contributed by atoms with Crippen molar-refractivity contribution in [2.75, 3.05) is 19.7 Å². The van der Waals surface area contributed by atoms with Crippen molar-refractivity contribution in [2.45, 2.75) is 50.5 Å². The smallest absolute Gasteiger partial charge is 0.269 e. The molecule has 0 spiro atoms. The quantitative estimate of drug-likeness (QED) is 0.850. The first-order valence-electron chi connectivity index (χ1n) is 8.38. The van der Waals surface area contributed by atoms with Gasteiger partial charge < -0.3 is 15.4 Å². The van der Waals surface area contributed by atoms with Gasteiger partial charge in [-0.1, -0.05) is 0 Å². The van der Waals surface area contributed by atoms with Gasteiger partial charge in [-0.2, -0.15) is 5.10 Å². The molecule has 23 heavy (non-hydrogen) atoms. The minimum atomic E-state index is -0.534. The Kier molecular flexibility index (Phi) is 4.95. The lowest BCUT2D eigenvalue weighted by Gasteiger charge is -2.32. The Labute approximate surface area is 135 Å². The second kappa shape index (κ2) is 7.12. The van der Waals surface area contributed by atoms with E-state index in [0.29, 0.717) is 13.0 Å². The fourth-order valence-corrected chi connectivity index (χ4v) is 3.44. The molecule has 2 amide bonds. The molecule has 0 aromatic carbocycles. The van der Waals surface area contributed by atoms with E-state index in [1.165, 1.54) is 0 Å². The Hall–Kier alpha value is -1.89. The van der Waals surface area contributed by atoms with Gasteiger partial charge in [0.15, 0.2) is 0 Å². The number of nitrogens with two attached hydrogens (primary N) is 1. The van der Waals surface area contributed by atoms with Crippen LogP contribution in [0.3, 0.4) is 0 Å². The van der Waals surface area contributed by atoms with Crippen LogP contribution in [0.25, 0.3) is 0 Å². The molecular weight excluding hydrogens is 296 g/mol. The molecular formula is C16H24N4O3. The normalized spacial score (nSPS) is 24.8. The van der Waals surface area contributed by atoms with E-state index in [9.17, 15) is 9.59 Å². The predicted octanol–water partition coefficient (Wildman–Crippen LogP) is 1.17. The number of hydrogen-bond donors (Lipinski definition) is 2. The standard InChI is InChI=1S/C16H24N4O3/c17-16(22)14-9-13(18-19-14)11-3-1-7-20(10-11)15(21)6-5-12-4-2-8-23-12/h9,11-12H,1-8,10H2,(H2,17,22)(H,18,19)/t11-,12-/m0/s1. The number of nitrogens with zero attached hydrogens (tertiary/aromatic N) is 2. The van der Waals surface area contributed by atoms with Crippen LogP contribution in [-0.2, 0) is 9.53 Å². The third-order valence-corrected chi connectivity index (χ3v) is 4.77. The molecule has 0 saturated carbocycles. The molecule has 3 heterocycles. The van der Waals surface area contributed by atoms with E-state index >= 15 is 0 Å². The molecule has 2 saturated heterocycles. The number of ether oxygens (including phenoxy) is 1. The molecule has 2 fully saturated rings. The Balaban J connectivity index is 1.54. The van der Waals surface area contributed by atoms with Crippen LogP contribution in [0, 0.1) is 0 Å². The number of aromatic nitrogens is 2. The highest BCUT2D eigenvalue weighted by Crippen LogP contribution is 2.27. The van der Waals surface area contributed by atoms with E-state index in [4.69, 9.17) is 10.5 Å². The summed E-state index contributed by atoms with van der Waals surface area (Å²) in [6.45, 7) is 2.30. The largest absolute Gasteiger partial charge is 0.378 e. The van der Waals surface area contributed by atoms with Crippen LogP contribution in [0.5, 0.6) is 0 Å². The summed E-state index contributed by atoms with van der Waals surface area (Å²) in [4.78, 5) is 25.5. The zero-order valence-corrected chi connectivity index (χ0v) is 13.3. The molecule has 2 atom stereocenters. The van der Waals surface area contributed by atoms with E-state index in [-0.39, 0.29) is 23.6 Å². The van der Waals surface area contributed by atoms with Gasteiger partial charge in [-0.3, -0.25) is 14.7 Å². The topological polar surface area (TPSA) is 101 Å². The second-order valence-corrected chi connectivity index (χ2v) is 6.43. The van der Waals surface area contributed by atoms with Crippen LogP contribution in [0.1, 0.15) is 60.6 Å². The summed E-state index contributed by atoms with van der Waals surface area (Å²) in [5.41, 5.74) is 6.37. The zero-order chi connectivity index (χ0) is 16.2. The van der Waals surface area contributed by atoms with Crippen molar-refractivity contribution < 1.29 is 14.3 Å². The first-order chi connectivity index (χ1) is 11.1. The third-order valence-electron chi connectivity index (χ3n) is 4.77. The van der Waals surface area contributed by atoms with E-state index in [1.807, 2.05) is 4.90 Å². The van der Waals surface area contributed by atoms with E-state index in [0.717, 1.165) is 50.9 Å². The fraction of sp³-hybridized carbons (Fsp3) is 0.688. The predicted molar refractivity (Wildman–Crippen MR) is 83.9 cm³/mol. The maximum Gasteiger partial charge on any atom is 0.269 e. The molecule has 2 aliphatic rings. The van der Waals surface area contributed by atoms with Gasteiger partial charge in [0.1, 0.15) is 5.69 Å². The van der Waals surface area contributed by atoms with Gasteiger partial charge in [0.2, 0.25) is 5.91 Å². The van der Waals surface area contributed by atoms with Crippen LogP contribution >= 0.6 is 0 Å². The highest BCUT2D eigenvalue weighted by atomic mass is 16.5. The van der Waals surface area contributed by atoms with E-state index < -0.39 is 5.91 Å². The summed E-state index contributed by atoms with van der Waals surface area (Å²) < 4.78 is 5.58. The molecule has 0 radical (unpaired) electrons. The molecule has 2 aliphatic heterocycles. The number of nitrogens with one attached hydrogen (secondary N) is 1. The minimum absolute atomic E-state index is 0.191.